The third kappa shape index (κ3) is 3.52. The first-order chi connectivity index (χ1) is 11.5. The molecule has 0 radical (unpaired) electrons. The van der Waals surface area contributed by atoms with E-state index in [4.69, 9.17) is 12.2 Å². The first kappa shape index (κ1) is 17.5. The zero-order valence-electron chi connectivity index (χ0n) is 13.2. The van der Waals surface area contributed by atoms with Crippen molar-refractivity contribution in [1.29, 1.82) is 0 Å². The monoisotopic (exact) mass is 386 g/mol. The number of rotatable bonds is 6. The molecule has 10 heteroatoms. The fourth-order valence-electron chi connectivity index (χ4n) is 2.69. The molecule has 0 saturated carbocycles. The third-order valence-corrected chi connectivity index (χ3v) is 7.73. The van der Waals surface area contributed by atoms with Gasteiger partial charge in [-0.25, -0.2) is 8.42 Å². The lowest BCUT2D eigenvalue weighted by Crippen LogP contribution is -3.14. The number of nitrogens with zero attached hydrogens (tertiary/aromatic N) is 4. The molecule has 0 unspecified atom stereocenters. The number of hydrogen-bond acceptors (Lipinski definition) is 5. The molecule has 0 aromatic carbocycles. The molecule has 0 spiro atoms. The highest BCUT2D eigenvalue weighted by molar-refractivity contribution is 7.91. The van der Waals surface area contributed by atoms with Crippen LogP contribution in [0, 0.1) is 4.77 Å². The van der Waals surface area contributed by atoms with Gasteiger partial charge in [0.25, 0.3) is 10.0 Å². The van der Waals surface area contributed by atoms with Gasteiger partial charge in [0.1, 0.15) is 10.5 Å². The molecule has 1 aliphatic rings. The summed E-state index contributed by atoms with van der Waals surface area (Å²) >= 11 is 6.65. The summed E-state index contributed by atoms with van der Waals surface area (Å²) in [5.41, 5.74) is 0. The summed E-state index contributed by atoms with van der Waals surface area (Å²) in [7, 11) is -3.35. The molecule has 1 saturated heterocycles. The molecule has 0 atom stereocenters. The summed E-state index contributed by atoms with van der Waals surface area (Å²) in [4.78, 5) is 1.27. The number of piperazine rings is 1. The van der Waals surface area contributed by atoms with Gasteiger partial charge < -0.3 is 9.47 Å². The Bertz CT molecular complexity index is 845. The van der Waals surface area contributed by atoms with Crippen LogP contribution in [0.4, 0.5) is 0 Å². The number of nitrogens with one attached hydrogen (secondary N) is 1. The van der Waals surface area contributed by atoms with Crippen LogP contribution in [0.2, 0.25) is 0 Å². The molecule has 1 fully saturated rings. The smallest absolute Gasteiger partial charge is 0.252 e. The van der Waals surface area contributed by atoms with Crippen molar-refractivity contribution in [2.24, 2.45) is 0 Å². The highest BCUT2D eigenvalue weighted by Gasteiger charge is 2.31. The Kier molecular flexibility index (Phi) is 5.30. The molecular formula is C14H20N5O2S3+. The van der Waals surface area contributed by atoms with Crippen molar-refractivity contribution in [2.75, 3.05) is 26.2 Å². The molecule has 130 valence electrons. The van der Waals surface area contributed by atoms with Gasteiger partial charge in [-0.3, -0.25) is 0 Å². The standard InChI is InChI=1S/C14H19N5O2S3/c1-2-5-17-11-15-19(14(17)22)12-16-6-8-18(9-7-16)24(20,21)13-4-3-10-23-13/h2-4,10-11H,1,5-9,12H2/p+1. The lowest BCUT2D eigenvalue weighted by atomic mass is 10.4. The van der Waals surface area contributed by atoms with Crippen molar-refractivity contribution in [3.8, 4) is 0 Å². The summed E-state index contributed by atoms with van der Waals surface area (Å²) in [6.45, 7) is 7.49. The van der Waals surface area contributed by atoms with Crippen molar-refractivity contribution in [3.05, 3.63) is 41.3 Å². The van der Waals surface area contributed by atoms with Crippen LogP contribution in [0.5, 0.6) is 0 Å². The van der Waals surface area contributed by atoms with E-state index in [9.17, 15) is 8.42 Å². The number of quaternary nitrogens is 1. The maximum absolute atomic E-state index is 12.5. The van der Waals surface area contributed by atoms with Gasteiger partial charge in [0.05, 0.1) is 26.2 Å². The van der Waals surface area contributed by atoms with Gasteiger partial charge in [-0.05, 0) is 23.7 Å². The zero-order valence-corrected chi connectivity index (χ0v) is 15.6. The van der Waals surface area contributed by atoms with E-state index in [1.54, 1.807) is 38.9 Å². The first-order valence-electron chi connectivity index (χ1n) is 7.63. The van der Waals surface area contributed by atoms with Crippen molar-refractivity contribution in [3.63, 3.8) is 0 Å². The summed E-state index contributed by atoms with van der Waals surface area (Å²) in [5.74, 6) is 0. The first-order valence-corrected chi connectivity index (χ1v) is 10.4. The largest absolute Gasteiger partial charge is 0.314 e. The fraction of sp³-hybridized carbons (Fsp3) is 0.429. The zero-order chi connectivity index (χ0) is 17.2. The molecule has 0 bridgehead atoms. The lowest BCUT2D eigenvalue weighted by Gasteiger charge is -2.30. The average molecular weight is 387 g/mol. The Labute approximate surface area is 150 Å². The highest BCUT2D eigenvalue weighted by Crippen LogP contribution is 2.20. The van der Waals surface area contributed by atoms with E-state index in [1.165, 1.54) is 16.2 Å². The minimum Gasteiger partial charge on any atom is -0.314 e. The van der Waals surface area contributed by atoms with E-state index in [-0.39, 0.29) is 0 Å². The second-order valence-electron chi connectivity index (χ2n) is 5.60. The predicted molar refractivity (Wildman–Crippen MR) is 95.0 cm³/mol. The summed E-state index contributed by atoms with van der Waals surface area (Å²) < 4.78 is 31.3. The molecule has 1 N–H and O–H groups in total. The van der Waals surface area contributed by atoms with Crippen LogP contribution in [0.15, 0.2) is 40.7 Å². The van der Waals surface area contributed by atoms with Gasteiger partial charge in [0.2, 0.25) is 4.77 Å². The molecule has 0 amide bonds. The van der Waals surface area contributed by atoms with Gasteiger partial charge in [-0.15, -0.1) is 17.9 Å². The van der Waals surface area contributed by atoms with Crippen LogP contribution in [-0.4, -0.2) is 53.2 Å². The van der Waals surface area contributed by atoms with Crippen LogP contribution in [0.1, 0.15) is 0 Å². The normalized spacial score (nSPS) is 17.2. The number of thiophene rings is 1. The van der Waals surface area contributed by atoms with Gasteiger partial charge >= 0.3 is 0 Å². The highest BCUT2D eigenvalue weighted by atomic mass is 32.2. The second-order valence-corrected chi connectivity index (χ2v) is 9.08. The van der Waals surface area contributed by atoms with E-state index >= 15 is 0 Å². The lowest BCUT2D eigenvalue weighted by molar-refractivity contribution is -0.926. The Hall–Kier alpha value is -1.33. The van der Waals surface area contributed by atoms with E-state index < -0.39 is 10.0 Å². The molecule has 3 heterocycles. The molecule has 2 aromatic heterocycles. The van der Waals surface area contributed by atoms with Crippen LogP contribution >= 0.6 is 23.6 Å². The minimum absolute atomic E-state index is 0.413. The van der Waals surface area contributed by atoms with Crippen LogP contribution < -0.4 is 4.90 Å². The summed E-state index contributed by atoms with van der Waals surface area (Å²) in [6.07, 6.45) is 3.49. The number of aromatic nitrogens is 3. The van der Waals surface area contributed by atoms with Gasteiger partial charge in [0, 0.05) is 6.54 Å². The summed E-state index contributed by atoms with van der Waals surface area (Å²) in [5, 5.41) is 6.10. The fourth-order valence-corrected chi connectivity index (χ4v) is 5.51. The van der Waals surface area contributed by atoms with E-state index in [0.717, 1.165) is 13.1 Å². The molecule has 3 rings (SSSR count). The van der Waals surface area contributed by atoms with Crippen LogP contribution in [0.25, 0.3) is 0 Å². The number of allylic oxidation sites excluding steroid dienone is 1. The van der Waals surface area contributed by atoms with E-state index in [1.807, 2.05) is 4.57 Å². The number of hydrogen-bond donors (Lipinski definition) is 1. The van der Waals surface area contributed by atoms with Crippen molar-refractivity contribution in [1.82, 2.24) is 18.7 Å². The molecule has 1 aliphatic heterocycles. The molecular weight excluding hydrogens is 366 g/mol. The van der Waals surface area contributed by atoms with Gasteiger partial charge in [-0.2, -0.15) is 14.1 Å². The Morgan fingerprint density at radius 2 is 2.17 bits per heavy atom. The van der Waals surface area contributed by atoms with E-state index in [2.05, 4.69) is 11.7 Å². The Morgan fingerprint density at radius 3 is 2.79 bits per heavy atom. The molecule has 2 aromatic rings. The topological polar surface area (TPSA) is 64.6 Å². The van der Waals surface area contributed by atoms with Crippen molar-refractivity contribution < 1.29 is 13.3 Å². The maximum atomic E-state index is 12.5. The number of sulfonamides is 1. The Balaban J connectivity index is 1.62. The average Bonchev–Trinajstić information content (AvgIpc) is 3.22. The van der Waals surface area contributed by atoms with Gasteiger partial charge in [0.15, 0.2) is 6.67 Å². The van der Waals surface area contributed by atoms with Crippen molar-refractivity contribution in [2.45, 2.75) is 17.4 Å². The van der Waals surface area contributed by atoms with E-state index in [0.29, 0.717) is 35.3 Å². The SMILES string of the molecule is C=CCn1cnn(C[NH+]2CCN(S(=O)(=O)c3cccs3)CC2)c1=S. The quantitative estimate of drug-likeness (QED) is 0.569. The Morgan fingerprint density at radius 1 is 1.42 bits per heavy atom. The molecule has 24 heavy (non-hydrogen) atoms. The van der Waals surface area contributed by atoms with Gasteiger partial charge in [-0.1, -0.05) is 12.1 Å². The third-order valence-electron chi connectivity index (χ3n) is 4.01. The maximum Gasteiger partial charge on any atom is 0.252 e. The van der Waals surface area contributed by atoms with Crippen molar-refractivity contribution >= 4 is 33.6 Å². The van der Waals surface area contributed by atoms with Crippen LogP contribution in [0.3, 0.4) is 0 Å². The minimum atomic E-state index is -3.35. The van der Waals surface area contributed by atoms with Crippen LogP contribution in [-0.2, 0) is 23.2 Å². The summed E-state index contributed by atoms with van der Waals surface area (Å²) in [6, 6.07) is 3.42. The second kappa shape index (κ2) is 7.28. The molecule has 0 aliphatic carbocycles. The predicted octanol–water partition coefficient (Wildman–Crippen LogP) is 0.208. The molecule has 7 nitrogen and oxygen atoms in total.